The minimum atomic E-state index is -0.785. The first-order chi connectivity index (χ1) is 9.08. The highest BCUT2D eigenvalue weighted by molar-refractivity contribution is 9.10. The predicted molar refractivity (Wildman–Crippen MR) is 70.2 cm³/mol. The molecule has 0 aliphatic rings. The number of aromatic nitrogens is 1. The van der Waals surface area contributed by atoms with Gasteiger partial charge in [-0.25, -0.2) is 14.6 Å². The number of ether oxygens (including phenoxy) is 2. The summed E-state index contributed by atoms with van der Waals surface area (Å²) in [6.45, 7) is 0. The van der Waals surface area contributed by atoms with Gasteiger partial charge in [-0.1, -0.05) is 0 Å². The predicted octanol–water partition coefficient (Wildman–Crippen LogP) is 2.74. The highest BCUT2D eigenvalue weighted by Crippen LogP contribution is 2.34. The van der Waals surface area contributed by atoms with Gasteiger partial charge in [0.15, 0.2) is 0 Å². The number of nitrogens with zero attached hydrogens (tertiary/aromatic N) is 1. The summed E-state index contributed by atoms with van der Waals surface area (Å²) in [7, 11) is 2.38. The third-order valence-electron chi connectivity index (χ3n) is 2.19. The molecule has 19 heavy (non-hydrogen) atoms. The van der Waals surface area contributed by atoms with Crippen molar-refractivity contribution in [3.05, 3.63) is 27.4 Å². The van der Waals surface area contributed by atoms with Crippen LogP contribution in [0.3, 0.4) is 0 Å². The van der Waals surface area contributed by atoms with Crippen molar-refractivity contribution in [3.8, 4) is 10.8 Å². The average molecular weight is 346 g/mol. The fraction of sp³-hybridized carbons (Fsp3) is 0.182. The first-order valence-electron chi connectivity index (χ1n) is 4.99. The van der Waals surface area contributed by atoms with Crippen molar-refractivity contribution in [1.29, 1.82) is 0 Å². The lowest BCUT2D eigenvalue weighted by Gasteiger charge is -1.96. The first-order valence-corrected chi connectivity index (χ1v) is 6.66. The summed E-state index contributed by atoms with van der Waals surface area (Å²) in [5.41, 5.74) is -0.204. The van der Waals surface area contributed by atoms with Crippen LogP contribution in [0.5, 0.6) is 0 Å². The Hall–Kier alpha value is -1.67. The highest BCUT2D eigenvalue weighted by atomic mass is 79.9. The Labute approximate surface area is 120 Å². The lowest BCUT2D eigenvalue weighted by molar-refractivity contribution is 0.0527. The van der Waals surface area contributed by atoms with Crippen LogP contribution in [0.1, 0.15) is 21.0 Å². The van der Waals surface area contributed by atoms with Gasteiger partial charge in [-0.05, 0) is 27.4 Å². The molecule has 0 bridgehead atoms. The van der Waals surface area contributed by atoms with Crippen LogP contribution in [0, 0.1) is 0 Å². The lowest BCUT2D eigenvalue weighted by atomic mass is 10.3. The van der Waals surface area contributed by atoms with Crippen LogP contribution in [0.4, 0.5) is 0 Å². The summed E-state index contributed by atoms with van der Waals surface area (Å²) in [4.78, 5) is 27.8. The second-order valence-electron chi connectivity index (χ2n) is 3.28. The molecule has 2 aromatic rings. The molecule has 2 heterocycles. The zero-order valence-corrected chi connectivity index (χ0v) is 12.3. The average Bonchev–Trinajstić information content (AvgIpc) is 3.02. The van der Waals surface area contributed by atoms with Gasteiger partial charge in [0.25, 0.3) is 0 Å². The van der Waals surface area contributed by atoms with Gasteiger partial charge < -0.3 is 13.9 Å². The number of carbonyl (C=O) groups is 2. The van der Waals surface area contributed by atoms with E-state index in [9.17, 15) is 9.59 Å². The largest absolute Gasteiger partial charge is 0.464 e. The Morgan fingerprint density at radius 1 is 1.32 bits per heavy atom. The maximum Gasteiger partial charge on any atom is 0.376 e. The molecule has 2 aromatic heterocycles. The van der Waals surface area contributed by atoms with Crippen molar-refractivity contribution in [1.82, 2.24) is 4.98 Å². The molecule has 100 valence electrons. The number of hydrogen-bond donors (Lipinski definition) is 0. The lowest BCUT2D eigenvalue weighted by Crippen LogP contribution is -2.10. The van der Waals surface area contributed by atoms with E-state index in [0.717, 1.165) is 4.47 Å². The summed E-state index contributed by atoms with van der Waals surface area (Å²) in [6, 6.07) is 1.81. The first kappa shape index (κ1) is 13.8. The van der Waals surface area contributed by atoms with Crippen molar-refractivity contribution < 1.29 is 23.5 Å². The van der Waals surface area contributed by atoms with Crippen LogP contribution < -0.4 is 0 Å². The van der Waals surface area contributed by atoms with Crippen molar-refractivity contribution in [2.24, 2.45) is 0 Å². The fourth-order valence-corrected chi connectivity index (χ4v) is 2.80. The van der Waals surface area contributed by atoms with Crippen LogP contribution in [0.25, 0.3) is 10.8 Å². The Balaban J connectivity index is 2.55. The summed E-state index contributed by atoms with van der Waals surface area (Å²) < 4.78 is 15.2. The van der Waals surface area contributed by atoms with Crippen molar-refractivity contribution in [2.75, 3.05) is 14.2 Å². The van der Waals surface area contributed by atoms with Crippen LogP contribution in [0.15, 0.2) is 20.3 Å². The molecular weight excluding hydrogens is 338 g/mol. The molecule has 0 saturated carbocycles. The van der Waals surface area contributed by atoms with E-state index in [0.29, 0.717) is 4.88 Å². The van der Waals surface area contributed by atoms with E-state index in [1.807, 2.05) is 5.38 Å². The molecule has 0 saturated heterocycles. The maximum atomic E-state index is 11.6. The zero-order chi connectivity index (χ0) is 14.0. The van der Waals surface area contributed by atoms with E-state index in [2.05, 4.69) is 30.4 Å². The minimum absolute atomic E-state index is 0.155. The molecule has 0 spiro atoms. The van der Waals surface area contributed by atoms with E-state index in [1.54, 1.807) is 6.07 Å². The molecule has 8 heteroatoms. The zero-order valence-electron chi connectivity index (χ0n) is 9.93. The van der Waals surface area contributed by atoms with Gasteiger partial charge in [-0.2, -0.15) is 0 Å². The number of oxazole rings is 1. The van der Waals surface area contributed by atoms with Crippen LogP contribution >= 0.6 is 27.3 Å². The molecule has 0 atom stereocenters. The van der Waals surface area contributed by atoms with Gasteiger partial charge in [0.2, 0.25) is 17.3 Å². The quantitative estimate of drug-likeness (QED) is 0.795. The van der Waals surface area contributed by atoms with Crippen LogP contribution in [-0.2, 0) is 9.47 Å². The molecule has 0 fully saturated rings. The number of methoxy groups -OCH3 is 2. The number of carbonyl (C=O) groups excluding carboxylic acids is 2. The Morgan fingerprint density at radius 3 is 2.53 bits per heavy atom. The van der Waals surface area contributed by atoms with Gasteiger partial charge in [-0.15, -0.1) is 11.3 Å². The SMILES string of the molecule is COC(=O)c1nc(-c2sccc2Br)oc1C(=O)OC. The Kier molecular flexibility index (Phi) is 4.01. The highest BCUT2D eigenvalue weighted by Gasteiger charge is 2.28. The van der Waals surface area contributed by atoms with Gasteiger partial charge in [-0.3, -0.25) is 0 Å². The smallest absolute Gasteiger partial charge is 0.376 e. The molecule has 0 aliphatic carbocycles. The Bertz CT molecular complexity index is 599. The molecule has 6 nitrogen and oxygen atoms in total. The third kappa shape index (κ3) is 2.54. The normalized spacial score (nSPS) is 10.3. The van der Waals surface area contributed by atoms with Gasteiger partial charge in [0, 0.05) is 4.47 Å². The molecule has 2 rings (SSSR count). The standard InChI is InChI=1S/C11H8BrNO5S/c1-16-10(14)6-7(11(15)17-2)18-9(13-6)8-5(12)3-4-19-8/h3-4H,1-2H3. The van der Waals surface area contributed by atoms with Crippen LogP contribution in [-0.4, -0.2) is 31.1 Å². The molecule has 0 unspecified atom stereocenters. The molecule has 0 radical (unpaired) electrons. The number of esters is 2. The van der Waals surface area contributed by atoms with Gasteiger partial charge in [0.05, 0.1) is 14.2 Å². The number of thiophene rings is 1. The number of rotatable bonds is 3. The topological polar surface area (TPSA) is 78.6 Å². The third-order valence-corrected chi connectivity index (χ3v) is 4.01. The number of halogens is 1. The molecule has 0 aromatic carbocycles. The second kappa shape index (κ2) is 5.54. The maximum absolute atomic E-state index is 11.6. The number of hydrogen-bond acceptors (Lipinski definition) is 7. The van der Waals surface area contributed by atoms with E-state index in [1.165, 1.54) is 25.6 Å². The van der Waals surface area contributed by atoms with Gasteiger partial charge in [0.1, 0.15) is 4.88 Å². The van der Waals surface area contributed by atoms with Crippen molar-refractivity contribution in [3.63, 3.8) is 0 Å². The second-order valence-corrected chi connectivity index (χ2v) is 5.05. The van der Waals surface area contributed by atoms with E-state index in [-0.39, 0.29) is 17.3 Å². The van der Waals surface area contributed by atoms with Gasteiger partial charge >= 0.3 is 11.9 Å². The van der Waals surface area contributed by atoms with Crippen molar-refractivity contribution >= 4 is 39.2 Å². The monoisotopic (exact) mass is 345 g/mol. The summed E-state index contributed by atoms with van der Waals surface area (Å²) >= 11 is 4.68. The van der Waals surface area contributed by atoms with E-state index in [4.69, 9.17) is 4.42 Å². The summed E-state index contributed by atoms with van der Waals surface area (Å²) in [5, 5.41) is 1.82. The summed E-state index contributed by atoms with van der Waals surface area (Å²) in [5.74, 6) is -1.66. The van der Waals surface area contributed by atoms with E-state index < -0.39 is 11.9 Å². The molecular formula is C11H8BrNO5S. The van der Waals surface area contributed by atoms with E-state index >= 15 is 0 Å². The summed E-state index contributed by atoms with van der Waals surface area (Å²) in [6.07, 6.45) is 0. The minimum Gasteiger partial charge on any atom is -0.464 e. The molecule has 0 N–H and O–H groups in total. The molecule has 0 aliphatic heterocycles. The Morgan fingerprint density at radius 2 is 2.00 bits per heavy atom. The van der Waals surface area contributed by atoms with Crippen molar-refractivity contribution in [2.45, 2.75) is 0 Å². The fourth-order valence-electron chi connectivity index (χ4n) is 1.33. The molecule has 0 amide bonds. The van der Waals surface area contributed by atoms with Crippen LogP contribution in [0.2, 0.25) is 0 Å².